The summed E-state index contributed by atoms with van der Waals surface area (Å²) in [5, 5.41) is 2.79. The molecule has 0 bridgehead atoms. The molecule has 0 spiro atoms. The van der Waals surface area contributed by atoms with E-state index in [0.717, 1.165) is 6.42 Å². The number of carbonyl (C=O) groups is 1. The molecular weight excluding hydrogens is 240 g/mol. The first-order valence-electron chi connectivity index (χ1n) is 6.24. The fourth-order valence-corrected chi connectivity index (χ4v) is 1.63. The lowest BCUT2D eigenvalue weighted by Gasteiger charge is -2.10. The van der Waals surface area contributed by atoms with Crippen LogP contribution in [0.4, 0.5) is 5.69 Å². The zero-order chi connectivity index (χ0) is 13.5. The zero-order valence-electron chi connectivity index (χ0n) is 10.8. The van der Waals surface area contributed by atoms with E-state index < -0.39 is 0 Å². The van der Waals surface area contributed by atoms with Crippen LogP contribution in [0.25, 0.3) is 0 Å². The maximum absolute atomic E-state index is 12.2. The van der Waals surface area contributed by atoms with Gasteiger partial charge in [0.2, 0.25) is 0 Å². The molecule has 1 heterocycles. The van der Waals surface area contributed by atoms with Crippen molar-refractivity contribution in [3.05, 3.63) is 54.4 Å². The monoisotopic (exact) mass is 256 g/mol. The van der Waals surface area contributed by atoms with Gasteiger partial charge in [-0.15, -0.1) is 0 Å². The SMILES string of the molecule is CCCOc1ccccc1C(=O)Nc1cccnc1. The van der Waals surface area contributed by atoms with E-state index in [1.165, 1.54) is 0 Å². The fraction of sp³-hybridized carbons (Fsp3) is 0.200. The summed E-state index contributed by atoms with van der Waals surface area (Å²) in [6.07, 6.45) is 4.17. The zero-order valence-corrected chi connectivity index (χ0v) is 10.8. The van der Waals surface area contributed by atoms with E-state index in [1.54, 1.807) is 36.7 Å². The Hall–Kier alpha value is -2.36. The van der Waals surface area contributed by atoms with E-state index in [0.29, 0.717) is 23.6 Å². The van der Waals surface area contributed by atoms with Crippen molar-refractivity contribution in [3.8, 4) is 5.75 Å². The highest BCUT2D eigenvalue weighted by molar-refractivity contribution is 6.06. The third kappa shape index (κ3) is 3.55. The van der Waals surface area contributed by atoms with E-state index in [9.17, 15) is 4.79 Å². The first-order valence-corrected chi connectivity index (χ1v) is 6.24. The van der Waals surface area contributed by atoms with Gasteiger partial charge in [-0.3, -0.25) is 9.78 Å². The standard InChI is InChI=1S/C15H16N2O2/c1-2-10-19-14-8-4-3-7-13(14)15(18)17-12-6-5-9-16-11-12/h3-9,11H,2,10H2,1H3,(H,17,18). The Morgan fingerprint density at radius 3 is 2.84 bits per heavy atom. The molecule has 2 aromatic rings. The van der Waals surface area contributed by atoms with Crippen LogP contribution in [-0.4, -0.2) is 17.5 Å². The third-order valence-electron chi connectivity index (χ3n) is 2.51. The van der Waals surface area contributed by atoms with Crippen molar-refractivity contribution in [1.82, 2.24) is 4.98 Å². The van der Waals surface area contributed by atoms with Gasteiger partial charge in [-0.25, -0.2) is 0 Å². The van der Waals surface area contributed by atoms with Crippen molar-refractivity contribution in [1.29, 1.82) is 0 Å². The Bertz CT molecular complexity index is 541. The molecule has 2 rings (SSSR count). The van der Waals surface area contributed by atoms with Crippen LogP contribution in [0.3, 0.4) is 0 Å². The van der Waals surface area contributed by atoms with E-state index in [-0.39, 0.29) is 5.91 Å². The molecule has 0 saturated carbocycles. The number of carbonyl (C=O) groups excluding carboxylic acids is 1. The number of para-hydroxylation sites is 1. The number of ether oxygens (including phenoxy) is 1. The highest BCUT2D eigenvalue weighted by Crippen LogP contribution is 2.19. The van der Waals surface area contributed by atoms with Gasteiger partial charge in [0.1, 0.15) is 5.75 Å². The molecular formula is C15H16N2O2. The minimum atomic E-state index is -0.195. The van der Waals surface area contributed by atoms with Gasteiger partial charge in [0, 0.05) is 6.20 Å². The molecule has 19 heavy (non-hydrogen) atoms. The van der Waals surface area contributed by atoms with E-state index in [4.69, 9.17) is 4.74 Å². The maximum atomic E-state index is 12.2. The smallest absolute Gasteiger partial charge is 0.259 e. The molecule has 0 atom stereocenters. The van der Waals surface area contributed by atoms with Crippen LogP contribution in [0.5, 0.6) is 5.75 Å². The van der Waals surface area contributed by atoms with Crippen molar-refractivity contribution in [2.75, 3.05) is 11.9 Å². The second-order valence-electron chi connectivity index (χ2n) is 4.04. The second-order valence-corrected chi connectivity index (χ2v) is 4.04. The molecule has 4 nitrogen and oxygen atoms in total. The number of hydrogen-bond donors (Lipinski definition) is 1. The Morgan fingerprint density at radius 1 is 1.26 bits per heavy atom. The summed E-state index contributed by atoms with van der Waals surface area (Å²) in [6, 6.07) is 10.8. The quantitative estimate of drug-likeness (QED) is 0.894. The normalized spacial score (nSPS) is 9.95. The van der Waals surface area contributed by atoms with Crippen molar-refractivity contribution in [2.45, 2.75) is 13.3 Å². The van der Waals surface area contributed by atoms with Crippen LogP contribution in [0.15, 0.2) is 48.8 Å². The molecule has 0 aliphatic rings. The van der Waals surface area contributed by atoms with Gasteiger partial charge in [-0.2, -0.15) is 0 Å². The number of anilines is 1. The number of benzene rings is 1. The van der Waals surface area contributed by atoms with Crippen LogP contribution in [0.1, 0.15) is 23.7 Å². The molecule has 1 N–H and O–H groups in total. The van der Waals surface area contributed by atoms with Gasteiger partial charge < -0.3 is 10.1 Å². The van der Waals surface area contributed by atoms with Crippen LogP contribution in [-0.2, 0) is 0 Å². The number of hydrogen-bond acceptors (Lipinski definition) is 3. The first-order chi connectivity index (χ1) is 9.31. The van der Waals surface area contributed by atoms with Crippen LogP contribution >= 0.6 is 0 Å². The van der Waals surface area contributed by atoms with E-state index >= 15 is 0 Å². The van der Waals surface area contributed by atoms with Gasteiger partial charge >= 0.3 is 0 Å². The average Bonchev–Trinajstić information content (AvgIpc) is 2.46. The topological polar surface area (TPSA) is 51.2 Å². The summed E-state index contributed by atoms with van der Waals surface area (Å²) in [4.78, 5) is 16.1. The van der Waals surface area contributed by atoms with Crippen molar-refractivity contribution in [3.63, 3.8) is 0 Å². The van der Waals surface area contributed by atoms with Gasteiger partial charge in [-0.1, -0.05) is 19.1 Å². The molecule has 1 aromatic heterocycles. The Morgan fingerprint density at radius 2 is 2.11 bits per heavy atom. The fourth-order valence-electron chi connectivity index (χ4n) is 1.63. The van der Waals surface area contributed by atoms with Crippen LogP contribution in [0, 0.1) is 0 Å². The lowest BCUT2D eigenvalue weighted by atomic mass is 10.2. The number of nitrogens with zero attached hydrogens (tertiary/aromatic N) is 1. The van der Waals surface area contributed by atoms with Gasteiger partial charge in [0.05, 0.1) is 24.1 Å². The maximum Gasteiger partial charge on any atom is 0.259 e. The summed E-state index contributed by atoms with van der Waals surface area (Å²) in [5.74, 6) is 0.408. The number of aromatic nitrogens is 1. The highest BCUT2D eigenvalue weighted by Gasteiger charge is 2.11. The lowest BCUT2D eigenvalue weighted by Crippen LogP contribution is -2.13. The summed E-state index contributed by atoms with van der Waals surface area (Å²) >= 11 is 0. The second kappa shape index (κ2) is 6.54. The van der Waals surface area contributed by atoms with E-state index in [1.807, 2.05) is 19.1 Å². The molecule has 0 aliphatic carbocycles. The largest absolute Gasteiger partial charge is 0.493 e. The third-order valence-corrected chi connectivity index (χ3v) is 2.51. The average molecular weight is 256 g/mol. The molecule has 0 aliphatic heterocycles. The molecule has 4 heteroatoms. The number of rotatable bonds is 5. The lowest BCUT2D eigenvalue weighted by molar-refractivity contribution is 0.102. The van der Waals surface area contributed by atoms with Gasteiger partial charge in [0.25, 0.3) is 5.91 Å². The first kappa shape index (κ1) is 13.1. The minimum Gasteiger partial charge on any atom is -0.493 e. The number of nitrogens with one attached hydrogen (secondary N) is 1. The van der Waals surface area contributed by atoms with Crippen LogP contribution in [0.2, 0.25) is 0 Å². The van der Waals surface area contributed by atoms with E-state index in [2.05, 4.69) is 10.3 Å². The summed E-state index contributed by atoms with van der Waals surface area (Å²) in [6.45, 7) is 2.62. The molecule has 1 aromatic carbocycles. The predicted octanol–water partition coefficient (Wildman–Crippen LogP) is 3.12. The molecule has 0 radical (unpaired) electrons. The van der Waals surface area contributed by atoms with Gasteiger partial charge in [0.15, 0.2) is 0 Å². The minimum absolute atomic E-state index is 0.195. The van der Waals surface area contributed by atoms with Gasteiger partial charge in [-0.05, 0) is 30.7 Å². The molecule has 98 valence electrons. The highest BCUT2D eigenvalue weighted by atomic mass is 16.5. The van der Waals surface area contributed by atoms with Crippen molar-refractivity contribution >= 4 is 11.6 Å². The summed E-state index contributed by atoms with van der Waals surface area (Å²) < 4.78 is 5.57. The van der Waals surface area contributed by atoms with Crippen molar-refractivity contribution < 1.29 is 9.53 Å². The molecule has 0 saturated heterocycles. The molecule has 0 fully saturated rings. The molecule has 0 unspecified atom stereocenters. The Kier molecular flexibility index (Phi) is 4.50. The summed E-state index contributed by atoms with van der Waals surface area (Å²) in [7, 11) is 0. The molecule has 1 amide bonds. The number of pyridine rings is 1. The predicted molar refractivity (Wildman–Crippen MR) is 74.4 cm³/mol. The Labute approximate surface area is 112 Å². The Balaban J connectivity index is 2.14. The summed E-state index contributed by atoms with van der Waals surface area (Å²) in [5.41, 5.74) is 1.19. The van der Waals surface area contributed by atoms with Crippen LogP contribution < -0.4 is 10.1 Å². The number of amides is 1. The van der Waals surface area contributed by atoms with Crippen molar-refractivity contribution in [2.24, 2.45) is 0 Å².